The predicted octanol–water partition coefficient (Wildman–Crippen LogP) is 3.45. The summed E-state index contributed by atoms with van der Waals surface area (Å²) < 4.78 is 34.8. The summed E-state index contributed by atoms with van der Waals surface area (Å²) in [7, 11) is -4.44. The number of nitrogens with two attached hydrogens (primary N) is 1. The van der Waals surface area contributed by atoms with Gasteiger partial charge in [0.15, 0.2) is 0 Å². The summed E-state index contributed by atoms with van der Waals surface area (Å²) in [4.78, 5) is 41.8. The van der Waals surface area contributed by atoms with Crippen molar-refractivity contribution in [2.45, 2.75) is 6.92 Å². The van der Waals surface area contributed by atoms with Crippen LogP contribution in [-0.4, -0.2) is 36.3 Å². The highest BCUT2D eigenvalue weighted by Gasteiger charge is 2.30. The maximum atomic E-state index is 13.4. The summed E-state index contributed by atoms with van der Waals surface area (Å²) >= 11 is 12.5. The number of hydrogen-bond acceptors (Lipinski definition) is 7. The van der Waals surface area contributed by atoms with Gasteiger partial charge in [0, 0.05) is 10.6 Å². The molecule has 2 heterocycles. The number of aromatic amines is 1. The minimum atomic E-state index is -4.44. The van der Waals surface area contributed by atoms with Crippen LogP contribution in [0.15, 0.2) is 59.4 Å². The standard InChI is InChI=1S/C23H19Cl2N5O6S/c1-2-36-23(33)16-15(12-8-10-13(24)11-9-12)18(25)30-20(16)27-19(26)17(22(30)32)21(31)29-37(34,35)28-14-6-4-3-5-7-14/h3-11,27-28H,2,26H2,1H3,(H,29,31). The van der Waals surface area contributed by atoms with Gasteiger partial charge in [-0.05, 0) is 36.8 Å². The number of amides is 1. The van der Waals surface area contributed by atoms with Crippen molar-refractivity contribution in [1.29, 1.82) is 0 Å². The van der Waals surface area contributed by atoms with Crippen LogP contribution in [0, 0.1) is 0 Å². The Labute approximate surface area is 220 Å². The molecular formula is C23H19Cl2N5O6S. The Bertz CT molecular complexity index is 1680. The monoisotopic (exact) mass is 563 g/mol. The molecule has 0 saturated heterocycles. The smallest absolute Gasteiger partial charge is 0.342 e. The number of ether oxygens (including phenoxy) is 1. The van der Waals surface area contributed by atoms with E-state index in [4.69, 9.17) is 33.7 Å². The summed E-state index contributed by atoms with van der Waals surface area (Å²) in [6, 6.07) is 14.1. The summed E-state index contributed by atoms with van der Waals surface area (Å²) in [6.07, 6.45) is 0. The van der Waals surface area contributed by atoms with Crippen LogP contribution in [0.4, 0.5) is 11.5 Å². The van der Waals surface area contributed by atoms with Crippen molar-refractivity contribution < 1.29 is 22.7 Å². The van der Waals surface area contributed by atoms with E-state index in [0.29, 0.717) is 10.6 Å². The molecule has 2 aromatic heterocycles. The number of nitrogens with one attached hydrogen (secondary N) is 3. The number of H-pyrrole nitrogens is 1. The van der Waals surface area contributed by atoms with E-state index in [1.807, 2.05) is 0 Å². The van der Waals surface area contributed by atoms with E-state index in [2.05, 4.69) is 9.71 Å². The second-order valence-electron chi connectivity index (χ2n) is 7.57. The number of para-hydroxylation sites is 1. The van der Waals surface area contributed by atoms with Gasteiger partial charge in [-0.3, -0.25) is 14.3 Å². The quantitative estimate of drug-likeness (QED) is 0.250. The lowest BCUT2D eigenvalue weighted by Gasteiger charge is -2.11. The molecule has 1 amide bonds. The molecule has 4 rings (SSSR count). The van der Waals surface area contributed by atoms with Gasteiger partial charge in [-0.1, -0.05) is 53.5 Å². The largest absolute Gasteiger partial charge is 0.462 e. The fourth-order valence-electron chi connectivity index (χ4n) is 3.63. The van der Waals surface area contributed by atoms with Crippen molar-refractivity contribution in [3.05, 3.63) is 86.3 Å². The second kappa shape index (κ2) is 10.2. The summed E-state index contributed by atoms with van der Waals surface area (Å²) in [5.41, 5.74) is 4.65. The van der Waals surface area contributed by atoms with E-state index < -0.39 is 39.0 Å². The number of carbonyl (C=O) groups excluding carboxylic acids is 2. The lowest BCUT2D eigenvalue weighted by atomic mass is 10.0. The number of hydrogen-bond donors (Lipinski definition) is 4. The molecule has 0 saturated carbocycles. The molecule has 14 heteroatoms. The SMILES string of the molecule is CCOC(=O)c1c(-c2ccc(Cl)cc2)c(Cl)n2c(=O)c(C(=O)NS(=O)(=O)Nc3ccccc3)c(N)[nH]c12. The van der Waals surface area contributed by atoms with E-state index >= 15 is 0 Å². The first-order chi connectivity index (χ1) is 17.5. The van der Waals surface area contributed by atoms with E-state index in [0.717, 1.165) is 4.40 Å². The zero-order valence-corrected chi connectivity index (χ0v) is 21.4. The van der Waals surface area contributed by atoms with E-state index in [9.17, 15) is 22.8 Å². The van der Waals surface area contributed by atoms with Crippen LogP contribution >= 0.6 is 23.2 Å². The summed E-state index contributed by atoms with van der Waals surface area (Å²) in [5, 5.41) is 0.187. The van der Waals surface area contributed by atoms with Crippen molar-refractivity contribution in [3.63, 3.8) is 0 Å². The molecule has 4 aromatic rings. The lowest BCUT2D eigenvalue weighted by molar-refractivity contribution is 0.0529. The third-order valence-electron chi connectivity index (χ3n) is 5.14. The van der Waals surface area contributed by atoms with Crippen LogP contribution in [-0.2, 0) is 14.9 Å². The van der Waals surface area contributed by atoms with Gasteiger partial charge < -0.3 is 15.5 Å². The van der Waals surface area contributed by atoms with Gasteiger partial charge in [-0.2, -0.15) is 8.42 Å². The minimum Gasteiger partial charge on any atom is -0.462 e. The number of carbonyl (C=O) groups is 2. The first-order valence-corrected chi connectivity index (χ1v) is 12.9. The normalized spacial score (nSPS) is 11.3. The molecule has 11 nitrogen and oxygen atoms in total. The van der Waals surface area contributed by atoms with Gasteiger partial charge in [0.1, 0.15) is 27.7 Å². The number of halogens is 2. The van der Waals surface area contributed by atoms with Crippen LogP contribution in [0.2, 0.25) is 10.2 Å². The van der Waals surface area contributed by atoms with Crippen LogP contribution in [0.5, 0.6) is 0 Å². The van der Waals surface area contributed by atoms with Gasteiger partial charge in [-0.15, -0.1) is 0 Å². The van der Waals surface area contributed by atoms with Gasteiger partial charge >= 0.3 is 16.2 Å². The van der Waals surface area contributed by atoms with E-state index in [1.165, 1.54) is 12.1 Å². The fourth-order valence-corrected chi connectivity index (χ4v) is 4.97. The molecule has 0 fully saturated rings. The van der Waals surface area contributed by atoms with Gasteiger partial charge in [0.25, 0.3) is 11.5 Å². The van der Waals surface area contributed by atoms with Gasteiger partial charge in [-0.25, -0.2) is 13.9 Å². The Balaban J connectivity index is 1.86. The Morgan fingerprint density at radius 3 is 2.32 bits per heavy atom. The number of nitrogen functional groups attached to an aromatic ring is 1. The molecule has 0 aliphatic heterocycles. The Kier molecular flexibility index (Phi) is 7.16. The Morgan fingerprint density at radius 2 is 1.70 bits per heavy atom. The molecule has 0 bridgehead atoms. The molecule has 0 aliphatic carbocycles. The number of benzene rings is 2. The number of nitrogens with zero attached hydrogens (tertiary/aromatic N) is 1. The van der Waals surface area contributed by atoms with Crippen LogP contribution in [0.1, 0.15) is 27.6 Å². The molecule has 2 aromatic carbocycles. The highest BCUT2D eigenvalue weighted by Crippen LogP contribution is 2.36. The minimum absolute atomic E-state index is 0.0281. The third-order valence-corrected chi connectivity index (χ3v) is 6.71. The third kappa shape index (κ3) is 5.12. The highest BCUT2D eigenvalue weighted by molar-refractivity contribution is 7.91. The zero-order valence-electron chi connectivity index (χ0n) is 19.0. The molecule has 0 unspecified atom stereocenters. The van der Waals surface area contributed by atoms with Crippen LogP contribution in [0.3, 0.4) is 0 Å². The van der Waals surface area contributed by atoms with E-state index in [1.54, 1.807) is 54.1 Å². The average molecular weight is 564 g/mol. The average Bonchev–Trinajstić information content (AvgIpc) is 3.11. The number of anilines is 2. The van der Waals surface area contributed by atoms with Crippen molar-refractivity contribution in [1.82, 2.24) is 14.1 Å². The zero-order chi connectivity index (χ0) is 26.9. The lowest BCUT2D eigenvalue weighted by Crippen LogP contribution is -2.39. The highest BCUT2D eigenvalue weighted by atomic mass is 35.5. The van der Waals surface area contributed by atoms with Gasteiger partial charge in [0.2, 0.25) is 0 Å². The molecule has 192 valence electrons. The second-order valence-corrected chi connectivity index (χ2v) is 9.78. The summed E-state index contributed by atoms with van der Waals surface area (Å²) in [5.74, 6) is -2.62. The number of rotatable bonds is 7. The number of aromatic nitrogens is 2. The first-order valence-electron chi connectivity index (χ1n) is 10.6. The van der Waals surface area contributed by atoms with Crippen LogP contribution < -0.4 is 20.7 Å². The van der Waals surface area contributed by atoms with Crippen molar-refractivity contribution >= 4 is 62.4 Å². The molecule has 0 spiro atoms. The Morgan fingerprint density at radius 1 is 1.05 bits per heavy atom. The fraction of sp³-hybridized carbons (Fsp3) is 0.0870. The van der Waals surface area contributed by atoms with Crippen molar-refractivity contribution in [2.75, 3.05) is 17.1 Å². The molecule has 0 aliphatic rings. The maximum absolute atomic E-state index is 13.4. The molecule has 5 N–H and O–H groups in total. The molecule has 0 radical (unpaired) electrons. The molecule has 37 heavy (non-hydrogen) atoms. The summed E-state index contributed by atoms with van der Waals surface area (Å²) in [6.45, 7) is 1.63. The number of esters is 1. The Hall–Kier alpha value is -4.00. The topological polar surface area (TPSA) is 165 Å². The van der Waals surface area contributed by atoms with Crippen molar-refractivity contribution in [2.24, 2.45) is 0 Å². The molecule has 0 atom stereocenters. The van der Waals surface area contributed by atoms with Gasteiger partial charge in [0.05, 0.1) is 12.3 Å². The number of fused-ring (bicyclic) bond motifs is 1. The first kappa shape index (κ1) is 26.1. The van der Waals surface area contributed by atoms with E-state index in [-0.39, 0.29) is 34.2 Å². The van der Waals surface area contributed by atoms with Crippen LogP contribution in [0.25, 0.3) is 16.8 Å². The maximum Gasteiger partial charge on any atom is 0.342 e. The van der Waals surface area contributed by atoms with Crippen molar-refractivity contribution in [3.8, 4) is 11.1 Å². The predicted molar refractivity (Wildman–Crippen MR) is 140 cm³/mol. The molecular weight excluding hydrogens is 545 g/mol.